The van der Waals surface area contributed by atoms with Gasteiger partial charge in [0.05, 0.1) is 5.69 Å². The highest BCUT2D eigenvalue weighted by Crippen LogP contribution is 2.36. The third kappa shape index (κ3) is 2.26. The van der Waals surface area contributed by atoms with Gasteiger partial charge in [-0.1, -0.05) is 30.3 Å². The van der Waals surface area contributed by atoms with Crippen molar-refractivity contribution >= 4 is 28.6 Å². The smallest absolute Gasteiger partial charge is 0.348 e. The van der Waals surface area contributed by atoms with E-state index in [9.17, 15) is 9.90 Å². The standard InChI is InChI=1S/C15H11NO2S2/c1-9-7-19-8-11(9)14-16-12(13(20-14)15(17)18)10-5-3-2-4-6-10/h2-8H,1H3,(H,17,18). The van der Waals surface area contributed by atoms with Crippen LogP contribution >= 0.6 is 22.7 Å². The number of thiazole rings is 1. The predicted molar refractivity (Wildman–Crippen MR) is 82.6 cm³/mol. The Morgan fingerprint density at radius 3 is 2.55 bits per heavy atom. The van der Waals surface area contributed by atoms with E-state index in [1.165, 1.54) is 11.3 Å². The lowest BCUT2D eigenvalue weighted by atomic mass is 10.1. The van der Waals surface area contributed by atoms with Gasteiger partial charge in [-0.25, -0.2) is 9.78 Å². The molecule has 1 aromatic carbocycles. The summed E-state index contributed by atoms with van der Waals surface area (Å²) in [6.45, 7) is 2.01. The van der Waals surface area contributed by atoms with E-state index in [2.05, 4.69) is 4.98 Å². The number of hydrogen-bond acceptors (Lipinski definition) is 4. The number of aryl methyl sites for hydroxylation is 1. The summed E-state index contributed by atoms with van der Waals surface area (Å²) in [5.41, 5.74) is 3.52. The minimum absolute atomic E-state index is 0.289. The van der Waals surface area contributed by atoms with Gasteiger partial charge in [0.1, 0.15) is 9.88 Å². The molecule has 100 valence electrons. The number of aromatic nitrogens is 1. The minimum Gasteiger partial charge on any atom is -0.477 e. The Bertz CT molecular complexity index is 759. The molecule has 0 aliphatic carbocycles. The summed E-state index contributed by atoms with van der Waals surface area (Å²) in [5, 5.41) is 14.2. The Kier molecular flexibility index (Phi) is 3.38. The topological polar surface area (TPSA) is 50.2 Å². The van der Waals surface area contributed by atoms with Crippen molar-refractivity contribution in [1.82, 2.24) is 4.98 Å². The van der Waals surface area contributed by atoms with Crippen LogP contribution in [0.5, 0.6) is 0 Å². The number of thiophene rings is 1. The quantitative estimate of drug-likeness (QED) is 0.772. The second-order valence-corrected chi connectivity index (χ2v) is 6.08. The van der Waals surface area contributed by atoms with E-state index in [4.69, 9.17) is 0 Å². The Morgan fingerprint density at radius 1 is 1.20 bits per heavy atom. The molecule has 3 nitrogen and oxygen atoms in total. The number of carbonyl (C=O) groups is 1. The average Bonchev–Trinajstić information content (AvgIpc) is 3.05. The highest BCUT2D eigenvalue weighted by Gasteiger charge is 2.20. The molecule has 2 aromatic heterocycles. The van der Waals surface area contributed by atoms with Gasteiger partial charge in [-0.3, -0.25) is 0 Å². The SMILES string of the molecule is Cc1cscc1-c1nc(-c2ccccc2)c(C(=O)O)s1. The zero-order valence-electron chi connectivity index (χ0n) is 10.7. The number of benzene rings is 1. The molecule has 0 radical (unpaired) electrons. The molecule has 0 aliphatic heterocycles. The molecule has 0 saturated heterocycles. The number of carboxylic acid groups (broad SMARTS) is 1. The van der Waals surface area contributed by atoms with Crippen molar-refractivity contribution in [3.8, 4) is 21.8 Å². The van der Waals surface area contributed by atoms with Crippen LogP contribution in [0.15, 0.2) is 41.1 Å². The van der Waals surface area contributed by atoms with Gasteiger partial charge in [-0.05, 0) is 17.9 Å². The number of rotatable bonds is 3. The Hall–Kier alpha value is -1.98. The van der Waals surface area contributed by atoms with Crippen molar-refractivity contribution in [2.75, 3.05) is 0 Å². The third-order valence-corrected chi connectivity index (χ3v) is 4.89. The normalized spacial score (nSPS) is 10.7. The van der Waals surface area contributed by atoms with Gasteiger partial charge in [0.2, 0.25) is 0 Å². The van der Waals surface area contributed by atoms with E-state index in [0.29, 0.717) is 5.69 Å². The zero-order valence-corrected chi connectivity index (χ0v) is 12.3. The first-order valence-electron chi connectivity index (χ1n) is 5.99. The molecule has 1 N–H and O–H groups in total. The molecule has 0 fully saturated rings. The summed E-state index contributed by atoms with van der Waals surface area (Å²) in [6.07, 6.45) is 0. The monoisotopic (exact) mass is 301 g/mol. The van der Waals surface area contributed by atoms with E-state index in [1.807, 2.05) is 48.0 Å². The molecule has 3 rings (SSSR count). The number of nitrogens with zero attached hydrogens (tertiary/aromatic N) is 1. The maximum Gasteiger partial charge on any atom is 0.348 e. The summed E-state index contributed by atoms with van der Waals surface area (Å²) < 4.78 is 0. The summed E-state index contributed by atoms with van der Waals surface area (Å²) in [6, 6.07) is 9.43. The minimum atomic E-state index is -0.930. The fraction of sp³-hybridized carbons (Fsp3) is 0.0667. The average molecular weight is 301 g/mol. The van der Waals surface area contributed by atoms with Gasteiger partial charge in [-0.2, -0.15) is 11.3 Å². The van der Waals surface area contributed by atoms with Crippen LogP contribution in [0.2, 0.25) is 0 Å². The lowest BCUT2D eigenvalue weighted by Gasteiger charge is -1.97. The third-order valence-electron chi connectivity index (χ3n) is 2.95. The van der Waals surface area contributed by atoms with Gasteiger partial charge in [0, 0.05) is 16.5 Å². The predicted octanol–water partition coefficient (Wildman–Crippen LogP) is 4.55. The molecular weight excluding hydrogens is 290 g/mol. The van der Waals surface area contributed by atoms with Crippen LogP contribution in [0.1, 0.15) is 15.2 Å². The van der Waals surface area contributed by atoms with Gasteiger partial charge in [0.25, 0.3) is 0 Å². The van der Waals surface area contributed by atoms with Crippen molar-refractivity contribution in [3.63, 3.8) is 0 Å². The first kappa shape index (κ1) is 13.0. The molecule has 0 aliphatic rings. The fourth-order valence-corrected chi connectivity index (χ4v) is 3.87. The molecule has 0 amide bonds. The van der Waals surface area contributed by atoms with E-state index in [0.717, 1.165) is 21.7 Å². The fourth-order valence-electron chi connectivity index (χ4n) is 1.95. The van der Waals surface area contributed by atoms with E-state index < -0.39 is 5.97 Å². The van der Waals surface area contributed by atoms with Gasteiger partial charge in [0.15, 0.2) is 0 Å². The van der Waals surface area contributed by atoms with Crippen LogP contribution in [0.25, 0.3) is 21.8 Å². The molecule has 0 bridgehead atoms. The molecule has 0 atom stereocenters. The Balaban J connectivity index is 2.18. The van der Waals surface area contributed by atoms with Crippen molar-refractivity contribution < 1.29 is 9.90 Å². The summed E-state index contributed by atoms with van der Waals surface area (Å²) >= 11 is 2.83. The summed E-state index contributed by atoms with van der Waals surface area (Å²) in [4.78, 5) is 16.3. The van der Waals surface area contributed by atoms with Gasteiger partial charge >= 0.3 is 5.97 Å². The van der Waals surface area contributed by atoms with E-state index in [1.54, 1.807) is 11.3 Å². The second-order valence-electron chi connectivity index (χ2n) is 4.34. The van der Waals surface area contributed by atoms with Crippen LogP contribution in [0.4, 0.5) is 0 Å². The van der Waals surface area contributed by atoms with Crippen molar-refractivity contribution in [3.05, 3.63) is 51.5 Å². The maximum atomic E-state index is 11.4. The Labute approximate surface area is 124 Å². The molecule has 0 saturated carbocycles. The first-order valence-corrected chi connectivity index (χ1v) is 7.75. The lowest BCUT2D eigenvalue weighted by molar-refractivity contribution is 0.0702. The van der Waals surface area contributed by atoms with Crippen molar-refractivity contribution in [2.24, 2.45) is 0 Å². The maximum absolute atomic E-state index is 11.4. The van der Waals surface area contributed by atoms with Crippen LogP contribution in [0.3, 0.4) is 0 Å². The summed E-state index contributed by atoms with van der Waals surface area (Å²) in [5.74, 6) is -0.930. The number of hydrogen-bond donors (Lipinski definition) is 1. The Morgan fingerprint density at radius 2 is 1.95 bits per heavy atom. The lowest BCUT2D eigenvalue weighted by Crippen LogP contribution is -1.95. The first-order chi connectivity index (χ1) is 9.66. The van der Waals surface area contributed by atoms with Crippen molar-refractivity contribution in [2.45, 2.75) is 6.92 Å². The molecule has 20 heavy (non-hydrogen) atoms. The molecule has 0 spiro atoms. The number of carboxylic acids is 1. The van der Waals surface area contributed by atoms with E-state index >= 15 is 0 Å². The van der Waals surface area contributed by atoms with Gasteiger partial charge in [-0.15, -0.1) is 11.3 Å². The van der Waals surface area contributed by atoms with Gasteiger partial charge < -0.3 is 5.11 Å². The second kappa shape index (κ2) is 5.19. The molecule has 2 heterocycles. The largest absolute Gasteiger partial charge is 0.477 e. The van der Waals surface area contributed by atoms with Crippen LogP contribution in [-0.2, 0) is 0 Å². The molecule has 0 unspecified atom stereocenters. The molecule has 3 aromatic rings. The highest BCUT2D eigenvalue weighted by molar-refractivity contribution is 7.17. The molecule has 5 heteroatoms. The van der Waals surface area contributed by atoms with Crippen molar-refractivity contribution in [1.29, 1.82) is 0 Å². The zero-order chi connectivity index (χ0) is 14.1. The summed E-state index contributed by atoms with van der Waals surface area (Å²) in [7, 11) is 0. The molecular formula is C15H11NO2S2. The van der Waals surface area contributed by atoms with Crippen LogP contribution in [-0.4, -0.2) is 16.1 Å². The van der Waals surface area contributed by atoms with Crippen LogP contribution in [0, 0.1) is 6.92 Å². The van der Waals surface area contributed by atoms with Crippen LogP contribution < -0.4 is 0 Å². The highest BCUT2D eigenvalue weighted by atomic mass is 32.1. The number of aromatic carboxylic acids is 1. The van der Waals surface area contributed by atoms with E-state index in [-0.39, 0.29) is 4.88 Å².